The Kier molecular flexibility index (Phi) is 6.42. The maximum absolute atomic E-state index is 13.4. The standard InChI is InChI=1S/C26H33ClFN3O/c27-21-7-6-20(23(15-21)31-17-22(28)18-31)16-29-13-10-25(24-5-1-4-12-30-24)11-14-32-26(19-25)8-2-3-9-26/h1,4-7,12,15,22,29H,2-3,8-11,13-14,16-19H2. The van der Waals surface area contributed by atoms with Gasteiger partial charge in [-0.3, -0.25) is 4.98 Å². The van der Waals surface area contributed by atoms with E-state index in [0.29, 0.717) is 18.1 Å². The molecular formula is C26H33ClFN3O. The van der Waals surface area contributed by atoms with Crippen LogP contribution in [0.3, 0.4) is 0 Å². The van der Waals surface area contributed by atoms with Crippen LogP contribution in [0.2, 0.25) is 5.02 Å². The third kappa shape index (κ3) is 4.52. The van der Waals surface area contributed by atoms with Crippen LogP contribution >= 0.6 is 11.6 Å². The Balaban J connectivity index is 1.27. The predicted molar refractivity (Wildman–Crippen MR) is 127 cm³/mol. The molecule has 1 atom stereocenters. The average molecular weight is 458 g/mol. The Bertz CT molecular complexity index is 915. The van der Waals surface area contributed by atoms with Gasteiger partial charge in [-0.1, -0.05) is 36.6 Å². The van der Waals surface area contributed by atoms with Crippen molar-refractivity contribution >= 4 is 17.3 Å². The lowest BCUT2D eigenvalue weighted by Gasteiger charge is -2.46. The number of aromatic nitrogens is 1. The second-order valence-electron chi connectivity index (χ2n) is 9.86. The number of benzene rings is 1. The molecule has 3 heterocycles. The Morgan fingerprint density at radius 3 is 2.75 bits per heavy atom. The molecule has 6 heteroatoms. The summed E-state index contributed by atoms with van der Waals surface area (Å²) in [5.74, 6) is 0. The molecule has 32 heavy (non-hydrogen) atoms. The lowest BCUT2D eigenvalue weighted by Crippen LogP contribution is -2.49. The van der Waals surface area contributed by atoms with E-state index in [9.17, 15) is 4.39 Å². The molecule has 1 saturated carbocycles. The number of rotatable bonds is 7. The molecule has 0 radical (unpaired) electrons. The molecule has 172 valence electrons. The molecule has 2 saturated heterocycles. The van der Waals surface area contributed by atoms with Crippen LogP contribution in [0.5, 0.6) is 0 Å². The Hall–Kier alpha value is -1.69. The smallest absolute Gasteiger partial charge is 0.135 e. The van der Waals surface area contributed by atoms with Crippen LogP contribution in [0.25, 0.3) is 0 Å². The van der Waals surface area contributed by atoms with Crippen LogP contribution in [0.4, 0.5) is 10.1 Å². The number of nitrogens with one attached hydrogen (secondary N) is 1. The van der Waals surface area contributed by atoms with Crippen molar-refractivity contribution in [1.29, 1.82) is 0 Å². The largest absolute Gasteiger partial charge is 0.375 e. The quantitative estimate of drug-likeness (QED) is 0.562. The number of nitrogens with zero attached hydrogens (tertiary/aromatic N) is 2. The fraction of sp³-hybridized carbons (Fsp3) is 0.577. The Labute approximate surface area is 195 Å². The predicted octanol–water partition coefficient (Wildman–Crippen LogP) is 5.43. The summed E-state index contributed by atoms with van der Waals surface area (Å²) in [6, 6.07) is 12.3. The van der Waals surface area contributed by atoms with Crippen molar-refractivity contribution in [1.82, 2.24) is 10.3 Å². The summed E-state index contributed by atoms with van der Waals surface area (Å²) < 4.78 is 19.8. The first kappa shape index (κ1) is 22.1. The zero-order valence-electron chi connectivity index (χ0n) is 18.7. The average Bonchev–Trinajstić information content (AvgIpc) is 3.23. The van der Waals surface area contributed by atoms with E-state index >= 15 is 0 Å². The Morgan fingerprint density at radius 2 is 2.00 bits per heavy atom. The lowest BCUT2D eigenvalue weighted by molar-refractivity contribution is -0.104. The molecule has 4 nitrogen and oxygen atoms in total. The van der Waals surface area contributed by atoms with Crippen molar-refractivity contribution in [3.63, 3.8) is 0 Å². The molecule has 3 aliphatic rings. The second kappa shape index (κ2) is 9.28. The van der Waals surface area contributed by atoms with Gasteiger partial charge in [-0.2, -0.15) is 0 Å². The molecule has 1 spiro atoms. The fourth-order valence-electron chi connectivity index (χ4n) is 5.95. The molecule has 2 aromatic rings. The summed E-state index contributed by atoms with van der Waals surface area (Å²) in [4.78, 5) is 6.87. The van der Waals surface area contributed by atoms with E-state index in [0.717, 1.165) is 44.6 Å². The Morgan fingerprint density at radius 1 is 1.16 bits per heavy atom. The van der Waals surface area contributed by atoms with Gasteiger partial charge in [-0.15, -0.1) is 0 Å². The number of ether oxygens (including phenoxy) is 1. The highest BCUT2D eigenvalue weighted by Gasteiger charge is 2.48. The zero-order valence-corrected chi connectivity index (χ0v) is 19.4. The van der Waals surface area contributed by atoms with E-state index < -0.39 is 6.17 Å². The molecule has 1 N–H and O–H groups in total. The van der Waals surface area contributed by atoms with Crippen LogP contribution in [0, 0.1) is 0 Å². The van der Waals surface area contributed by atoms with Gasteiger partial charge in [-0.25, -0.2) is 4.39 Å². The van der Waals surface area contributed by atoms with Crippen LogP contribution in [-0.4, -0.2) is 43.0 Å². The fourth-order valence-corrected chi connectivity index (χ4v) is 6.12. The second-order valence-corrected chi connectivity index (χ2v) is 10.3. The first-order chi connectivity index (χ1) is 15.6. The highest BCUT2D eigenvalue weighted by molar-refractivity contribution is 6.30. The normalized spacial score (nSPS) is 25.2. The van der Waals surface area contributed by atoms with Crippen LogP contribution < -0.4 is 10.2 Å². The number of hydrogen-bond acceptors (Lipinski definition) is 4. The summed E-state index contributed by atoms with van der Waals surface area (Å²) >= 11 is 6.23. The maximum atomic E-state index is 13.4. The van der Waals surface area contributed by atoms with Gasteiger partial charge in [0.05, 0.1) is 18.7 Å². The highest BCUT2D eigenvalue weighted by Crippen LogP contribution is 2.49. The number of hydrogen-bond donors (Lipinski definition) is 1. The minimum absolute atomic E-state index is 0.0412. The van der Waals surface area contributed by atoms with Gasteiger partial charge in [0, 0.05) is 41.2 Å². The van der Waals surface area contributed by atoms with Gasteiger partial charge < -0.3 is 15.0 Å². The molecule has 1 aromatic carbocycles. The van der Waals surface area contributed by atoms with E-state index in [1.165, 1.54) is 36.9 Å². The molecule has 2 aliphatic heterocycles. The summed E-state index contributed by atoms with van der Waals surface area (Å²) in [6.45, 7) is 3.38. The van der Waals surface area contributed by atoms with Crippen LogP contribution in [0.15, 0.2) is 42.6 Å². The summed E-state index contributed by atoms with van der Waals surface area (Å²) in [6.07, 6.45) is 9.20. The van der Waals surface area contributed by atoms with Crippen molar-refractivity contribution in [2.75, 3.05) is 31.1 Å². The van der Waals surface area contributed by atoms with Gasteiger partial charge in [0.25, 0.3) is 0 Å². The number of pyridine rings is 1. The molecular weight excluding hydrogens is 425 g/mol. The number of halogens is 2. The van der Waals surface area contributed by atoms with E-state index in [4.69, 9.17) is 21.3 Å². The summed E-state index contributed by atoms with van der Waals surface area (Å²) in [7, 11) is 0. The highest BCUT2D eigenvalue weighted by atomic mass is 35.5. The van der Waals surface area contributed by atoms with E-state index in [1.807, 2.05) is 24.4 Å². The van der Waals surface area contributed by atoms with Gasteiger partial charge in [0.15, 0.2) is 0 Å². The number of alkyl halides is 1. The van der Waals surface area contributed by atoms with Crippen molar-refractivity contribution in [2.24, 2.45) is 0 Å². The van der Waals surface area contributed by atoms with Gasteiger partial charge in [0.2, 0.25) is 0 Å². The first-order valence-electron chi connectivity index (χ1n) is 12.0. The van der Waals surface area contributed by atoms with E-state index in [-0.39, 0.29) is 11.0 Å². The van der Waals surface area contributed by atoms with Gasteiger partial charge >= 0.3 is 0 Å². The molecule has 0 amide bonds. The molecule has 1 aromatic heterocycles. The summed E-state index contributed by atoms with van der Waals surface area (Å²) in [5, 5.41) is 4.36. The molecule has 0 bridgehead atoms. The van der Waals surface area contributed by atoms with Crippen molar-refractivity contribution in [3.8, 4) is 0 Å². The van der Waals surface area contributed by atoms with Gasteiger partial charge in [-0.05, 0) is 68.5 Å². The third-order valence-electron chi connectivity index (χ3n) is 7.69. The lowest BCUT2D eigenvalue weighted by atomic mass is 9.68. The van der Waals surface area contributed by atoms with E-state index in [1.54, 1.807) is 0 Å². The molecule has 5 rings (SSSR count). The zero-order chi connectivity index (χ0) is 22.0. The van der Waals surface area contributed by atoms with Crippen molar-refractivity contribution in [3.05, 3.63) is 58.9 Å². The minimum Gasteiger partial charge on any atom is -0.375 e. The van der Waals surface area contributed by atoms with Crippen LogP contribution in [0.1, 0.15) is 56.2 Å². The topological polar surface area (TPSA) is 37.4 Å². The maximum Gasteiger partial charge on any atom is 0.135 e. The molecule has 3 fully saturated rings. The van der Waals surface area contributed by atoms with Gasteiger partial charge in [0.1, 0.15) is 6.17 Å². The summed E-state index contributed by atoms with van der Waals surface area (Å²) in [5.41, 5.74) is 3.53. The monoisotopic (exact) mass is 457 g/mol. The minimum atomic E-state index is -0.732. The van der Waals surface area contributed by atoms with E-state index in [2.05, 4.69) is 28.4 Å². The molecule has 1 unspecified atom stereocenters. The van der Waals surface area contributed by atoms with Crippen molar-refractivity contribution in [2.45, 2.75) is 68.7 Å². The van der Waals surface area contributed by atoms with Crippen LogP contribution in [-0.2, 0) is 16.7 Å². The number of anilines is 1. The van der Waals surface area contributed by atoms with Crippen molar-refractivity contribution < 1.29 is 9.13 Å². The third-order valence-corrected chi connectivity index (χ3v) is 7.93. The SMILES string of the molecule is FC1CN(c2cc(Cl)ccc2CNCCC2(c3ccccn3)CCOC3(CCCC3)C2)C1. The first-order valence-corrected chi connectivity index (χ1v) is 12.4. The molecule has 1 aliphatic carbocycles.